The van der Waals surface area contributed by atoms with Crippen LogP contribution in [0.2, 0.25) is 0 Å². The van der Waals surface area contributed by atoms with Crippen molar-refractivity contribution in [3.05, 3.63) is 59.2 Å². The highest BCUT2D eigenvalue weighted by molar-refractivity contribution is 7.89. The van der Waals surface area contributed by atoms with Gasteiger partial charge in [0.2, 0.25) is 15.9 Å². The van der Waals surface area contributed by atoms with Gasteiger partial charge in [0.05, 0.1) is 13.0 Å². The van der Waals surface area contributed by atoms with E-state index in [0.29, 0.717) is 0 Å². The first kappa shape index (κ1) is 22.2. The maximum atomic E-state index is 13.9. The first-order chi connectivity index (χ1) is 14.2. The van der Waals surface area contributed by atoms with E-state index in [2.05, 4.69) is 0 Å². The summed E-state index contributed by atoms with van der Waals surface area (Å²) in [5.74, 6) is -1.69. The Bertz CT molecular complexity index is 1020. The van der Waals surface area contributed by atoms with Gasteiger partial charge in [0.1, 0.15) is 17.4 Å². The lowest BCUT2D eigenvalue weighted by atomic mass is 10.1. The molecule has 0 spiro atoms. The van der Waals surface area contributed by atoms with E-state index in [-0.39, 0.29) is 45.1 Å². The van der Waals surface area contributed by atoms with Crippen molar-refractivity contribution in [2.24, 2.45) is 0 Å². The van der Waals surface area contributed by atoms with Crippen molar-refractivity contribution in [3.63, 3.8) is 0 Å². The minimum atomic E-state index is -4.31. The van der Waals surface area contributed by atoms with Crippen molar-refractivity contribution in [2.75, 3.05) is 32.8 Å². The second-order valence-corrected chi connectivity index (χ2v) is 9.01. The minimum absolute atomic E-state index is 0.0281. The van der Waals surface area contributed by atoms with Crippen LogP contribution in [0.15, 0.2) is 41.3 Å². The van der Waals surface area contributed by atoms with Crippen LogP contribution < -0.4 is 4.74 Å². The van der Waals surface area contributed by atoms with Gasteiger partial charge in [0, 0.05) is 26.2 Å². The van der Waals surface area contributed by atoms with Crippen LogP contribution in [-0.4, -0.2) is 56.3 Å². The van der Waals surface area contributed by atoms with E-state index >= 15 is 0 Å². The number of benzene rings is 2. The first-order valence-corrected chi connectivity index (χ1v) is 11.1. The molecule has 9 heteroatoms. The fourth-order valence-corrected chi connectivity index (χ4v) is 4.85. The van der Waals surface area contributed by atoms with Crippen LogP contribution in [0.3, 0.4) is 0 Å². The molecule has 3 rings (SSSR count). The summed E-state index contributed by atoms with van der Waals surface area (Å²) in [5.41, 5.74) is 2.12. The third-order valence-electron chi connectivity index (χ3n) is 5.24. The van der Waals surface area contributed by atoms with E-state index in [1.54, 1.807) is 0 Å². The SMILES string of the molecule is Cc1cccc(OCCC(=O)N2CCN(S(=O)(=O)c3c(F)cccc3F)CC2)c1C. The quantitative estimate of drug-likeness (QED) is 0.696. The highest BCUT2D eigenvalue weighted by atomic mass is 32.2. The lowest BCUT2D eigenvalue weighted by Crippen LogP contribution is -2.50. The van der Waals surface area contributed by atoms with Crippen LogP contribution in [0.5, 0.6) is 5.75 Å². The summed E-state index contributed by atoms with van der Waals surface area (Å²) in [7, 11) is -4.31. The van der Waals surface area contributed by atoms with Crippen molar-refractivity contribution in [3.8, 4) is 5.75 Å². The van der Waals surface area contributed by atoms with Crippen molar-refractivity contribution in [1.29, 1.82) is 0 Å². The Labute approximate surface area is 175 Å². The van der Waals surface area contributed by atoms with E-state index in [4.69, 9.17) is 4.74 Å². The van der Waals surface area contributed by atoms with Gasteiger partial charge in [0.15, 0.2) is 4.90 Å². The monoisotopic (exact) mass is 438 g/mol. The highest BCUT2D eigenvalue weighted by Gasteiger charge is 2.33. The molecule has 0 saturated carbocycles. The number of halogens is 2. The highest BCUT2D eigenvalue weighted by Crippen LogP contribution is 2.24. The molecular formula is C21H24F2N2O4S. The summed E-state index contributed by atoms with van der Waals surface area (Å²) in [6.45, 7) is 4.38. The Morgan fingerprint density at radius 2 is 1.60 bits per heavy atom. The van der Waals surface area contributed by atoms with E-state index in [9.17, 15) is 22.0 Å². The lowest BCUT2D eigenvalue weighted by molar-refractivity contribution is -0.132. The zero-order chi connectivity index (χ0) is 21.9. The number of nitrogens with zero attached hydrogens (tertiary/aromatic N) is 2. The minimum Gasteiger partial charge on any atom is -0.493 e. The average molecular weight is 438 g/mol. The Morgan fingerprint density at radius 3 is 2.23 bits per heavy atom. The van der Waals surface area contributed by atoms with Gasteiger partial charge in [-0.25, -0.2) is 17.2 Å². The van der Waals surface area contributed by atoms with Gasteiger partial charge in [-0.05, 0) is 43.2 Å². The molecule has 162 valence electrons. The Balaban J connectivity index is 1.55. The number of rotatable bonds is 6. The summed E-state index contributed by atoms with van der Waals surface area (Å²) >= 11 is 0. The molecule has 0 radical (unpaired) electrons. The molecule has 1 amide bonds. The normalized spacial score (nSPS) is 15.3. The molecule has 0 aliphatic carbocycles. The zero-order valence-electron chi connectivity index (χ0n) is 16.9. The molecule has 2 aromatic rings. The van der Waals surface area contributed by atoms with Gasteiger partial charge in [-0.1, -0.05) is 18.2 Å². The molecule has 2 aromatic carbocycles. The summed E-state index contributed by atoms with van der Waals surface area (Å²) in [6.07, 6.45) is 0.155. The summed E-state index contributed by atoms with van der Waals surface area (Å²) < 4.78 is 59.8. The molecule has 1 heterocycles. The number of aryl methyl sites for hydroxylation is 1. The van der Waals surface area contributed by atoms with Gasteiger partial charge in [-0.3, -0.25) is 4.79 Å². The van der Waals surface area contributed by atoms with E-state index < -0.39 is 26.6 Å². The van der Waals surface area contributed by atoms with E-state index in [0.717, 1.165) is 39.4 Å². The molecule has 1 aliphatic rings. The molecule has 0 atom stereocenters. The fraction of sp³-hybridized carbons (Fsp3) is 0.381. The number of ether oxygens (including phenoxy) is 1. The van der Waals surface area contributed by atoms with Crippen molar-refractivity contribution in [1.82, 2.24) is 9.21 Å². The van der Waals surface area contributed by atoms with Gasteiger partial charge in [0.25, 0.3) is 0 Å². The molecule has 0 N–H and O–H groups in total. The molecule has 1 aliphatic heterocycles. The summed E-state index contributed by atoms with van der Waals surface area (Å²) in [5, 5.41) is 0. The summed E-state index contributed by atoms with van der Waals surface area (Å²) in [4.78, 5) is 13.0. The van der Waals surface area contributed by atoms with Gasteiger partial charge < -0.3 is 9.64 Å². The van der Waals surface area contributed by atoms with E-state index in [1.165, 1.54) is 4.90 Å². The smallest absolute Gasteiger partial charge is 0.249 e. The van der Waals surface area contributed by atoms with Crippen molar-refractivity contribution >= 4 is 15.9 Å². The van der Waals surface area contributed by atoms with Crippen LogP contribution in [0, 0.1) is 25.5 Å². The molecule has 30 heavy (non-hydrogen) atoms. The van der Waals surface area contributed by atoms with Crippen LogP contribution in [0.4, 0.5) is 8.78 Å². The lowest BCUT2D eigenvalue weighted by Gasteiger charge is -2.34. The third-order valence-corrected chi connectivity index (χ3v) is 7.19. The second kappa shape index (κ2) is 9.09. The van der Waals surface area contributed by atoms with Crippen LogP contribution in [0.1, 0.15) is 17.5 Å². The van der Waals surface area contributed by atoms with Crippen LogP contribution in [-0.2, 0) is 14.8 Å². The fourth-order valence-electron chi connectivity index (χ4n) is 3.32. The standard InChI is InChI=1S/C21H24F2N2O4S/c1-15-5-3-8-19(16(15)2)29-14-9-20(26)24-10-12-25(13-11-24)30(27,28)21-17(22)6-4-7-18(21)23/h3-8H,9-14H2,1-2H3. The van der Waals surface area contributed by atoms with Crippen LogP contribution >= 0.6 is 0 Å². The molecule has 0 aromatic heterocycles. The van der Waals surface area contributed by atoms with Gasteiger partial charge >= 0.3 is 0 Å². The van der Waals surface area contributed by atoms with Crippen LogP contribution in [0.25, 0.3) is 0 Å². The number of amides is 1. The molecule has 6 nitrogen and oxygen atoms in total. The molecule has 0 bridgehead atoms. The molecule has 1 fully saturated rings. The van der Waals surface area contributed by atoms with E-state index in [1.807, 2.05) is 32.0 Å². The van der Waals surface area contributed by atoms with Crippen molar-refractivity contribution in [2.45, 2.75) is 25.2 Å². The number of hydrogen-bond donors (Lipinski definition) is 0. The number of hydrogen-bond acceptors (Lipinski definition) is 4. The Kier molecular flexibility index (Phi) is 6.72. The zero-order valence-corrected chi connectivity index (χ0v) is 17.7. The second-order valence-electron chi connectivity index (χ2n) is 7.13. The number of carbonyl (C=O) groups is 1. The van der Waals surface area contributed by atoms with Crippen molar-refractivity contribution < 1.29 is 26.7 Å². The maximum Gasteiger partial charge on any atom is 0.249 e. The molecule has 1 saturated heterocycles. The number of piperazine rings is 1. The Hall–Kier alpha value is -2.52. The predicted octanol–water partition coefficient (Wildman–Crippen LogP) is 2.88. The first-order valence-electron chi connectivity index (χ1n) is 9.63. The predicted molar refractivity (Wildman–Crippen MR) is 108 cm³/mol. The third kappa shape index (κ3) is 4.62. The number of sulfonamides is 1. The summed E-state index contributed by atoms with van der Waals surface area (Å²) in [6, 6.07) is 8.64. The largest absolute Gasteiger partial charge is 0.493 e. The van der Waals surface area contributed by atoms with Gasteiger partial charge in [-0.2, -0.15) is 4.31 Å². The molecule has 0 unspecified atom stereocenters. The topological polar surface area (TPSA) is 66.9 Å². The Morgan fingerprint density at radius 1 is 1.00 bits per heavy atom. The van der Waals surface area contributed by atoms with Gasteiger partial charge in [-0.15, -0.1) is 0 Å². The number of carbonyl (C=O) groups excluding carboxylic acids is 1. The maximum absolute atomic E-state index is 13.9. The molecular weight excluding hydrogens is 414 g/mol. The average Bonchev–Trinajstić information content (AvgIpc) is 2.71.